The molecule has 0 spiro atoms. The average molecular weight is 195 g/mol. The third-order valence-electron chi connectivity index (χ3n) is 3.18. The highest BCUT2D eigenvalue weighted by Crippen LogP contribution is 2.47. The van der Waals surface area contributed by atoms with Gasteiger partial charge in [0.1, 0.15) is 6.04 Å². The molecule has 0 N–H and O–H groups in total. The number of ketones is 1. The molecule has 0 aromatic rings. The van der Waals surface area contributed by atoms with Crippen LogP contribution in [0.25, 0.3) is 0 Å². The first-order valence-electron chi connectivity index (χ1n) is 5.36. The van der Waals surface area contributed by atoms with Gasteiger partial charge >= 0.3 is 0 Å². The summed E-state index contributed by atoms with van der Waals surface area (Å²) < 4.78 is 0. The maximum Gasteiger partial charge on any atom is 0.220 e. The smallest absolute Gasteiger partial charge is 0.220 e. The first-order valence-corrected chi connectivity index (χ1v) is 5.36. The minimum absolute atomic E-state index is 0.0469. The highest BCUT2D eigenvalue weighted by molar-refractivity contribution is 5.95. The first kappa shape index (κ1) is 9.69. The zero-order valence-corrected chi connectivity index (χ0v) is 8.99. The van der Waals surface area contributed by atoms with Crippen molar-refractivity contribution in [3.05, 3.63) is 0 Å². The van der Waals surface area contributed by atoms with Gasteiger partial charge in [0.2, 0.25) is 5.91 Å². The van der Waals surface area contributed by atoms with Crippen molar-refractivity contribution in [2.24, 2.45) is 11.8 Å². The minimum Gasteiger partial charge on any atom is -0.325 e. The lowest BCUT2D eigenvalue weighted by molar-refractivity contribution is -0.128. The van der Waals surface area contributed by atoms with E-state index in [1.807, 2.05) is 13.8 Å². The van der Waals surface area contributed by atoms with Gasteiger partial charge in [0.15, 0.2) is 5.78 Å². The normalized spacial score (nSPS) is 30.7. The Balaban J connectivity index is 2.05. The molecule has 1 aliphatic carbocycles. The first-order chi connectivity index (χ1) is 6.54. The standard InChI is InChI=1S/C11H17NO2/c1-6(2)11(14)10-9(8-4-5-8)12(10)7(3)13/h6,8-10H,4-5H2,1-3H3/t9-,10+,12?/m0/s1. The van der Waals surface area contributed by atoms with Crippen LogP contribution in [-0.4, -0.2) is 28.7 Å². The topological polar surface area (TPSA) is 37.1 Å². The highest BCUT2D eigenvalue weighted by Gasteiger charge is 2.60. The van der Waals surface area contributed by atoms with E-state index in [-0.39, 0.29) is 29.7 Å². The SMILES string of the molecule is CC(=O)N1[C@@H](C(=O)C(C)C)[C@@H]1C1CC1. The molecule has 2 rings (SSSR count). The fourth-order valence-electron chi connectivity index (χ4n) is 2.22. The lowest BCUT2D eigenvalue weighted by Gasteiger charge is -2.01. The molecule has 0 aromatic carbocycles. The highest BCUT2D eigenvalue weighted by atomic mass is 16.2. The van der Waals surface area contributed by atoms with Gasteiger partial charge in [-0.2, -0.15) is 0 Å². The van der Waals surface area contributed by atoms with Crippen LogP contribution in [0, 0.1) is 11.8 Å². The van der Waals surface area contributed by atoms with Crippen LogP contribution >= 0.6 is 0 Å². The number of hydrogen-bond donors (Lipinski definition) is 0. The number of carbonyl (C=O) groups excluding carboxylic acids is 2. The molecule has 3 heteroatoms. The summed E-state index contributed by atoms with van der Waals surface area (Å²) in [7, 11) is 0. The lowest BCUT2D eigenvalue weighted by Crippen LogP contribution is -2.20. The monoisotopic (exact) mass is 195 g/mol. The molecule has 3 nitrogen and oxygen atoms in total. The van der Waals surface area contributed by atoms with E-state index in [4.69, 9.17) is 0 Å². The molecule has 1 heterocycles. The summed E-state index contributed by atoms with van der Waals surface area (Å²) in [6.07, 6.45) is 2.38. The number of amides is 1. The van der Waals surface area contributed by atoms with Crippen molar-refractivity contribution in [1.82, 2.24) is 4.90 Å². The lowest BCUT2D eigenvalue weighted by atomic mass is 10.0. The molecule has 1 saturated heterocycles. The van der Waals surface area contributed by atoms with E-state index in [2.05, 4.69) is 0 Å². The number of Topliss-reactive ketones (excluding diaryl/α,β-unsaturated/α-hetero) is 1. The molecule has 2 fully saturated rings. The summed E-state index contributed by atoms with van der Waals surface area (Å²) in [6.45, 7) is 5.37. The van der Waals surface area contributed by atoms with Crippen LogP contribution in [-0.2, 0) is 9.59 Å². The van der Waals surface area contributed by atoms with E-state index in [1.54, 1.807) is 11.8 Å². The quantitative estimate of drug-likeness (QED) is 0.635. The van der Waals surface area contributed by atoms with E-state index in [0.717, 1.165) is 0 Å². The summed E-state index contributed by atoms with van der Waals surface area (Å²) >= 11 is 0. The third kappa shape index (κ3) is 1.45. The average Bonchev–Trinajstić information content (AvgIpc) is 2.95. The second kappa shape index (κ2) is 3.07. The predicted molar refractivity (Wildman–Crippen MR) is 52.7 cm³/mol. The van der Waals surface area contributed by atoms with Gasteiger partial charge in [0.05, 0.1) is 6.04 Å². The summed E-state index contributed by atoms with van der Waals surface area (Å²) in [5, 5.41) is 0. The van der Waals surface area contributed by atoms with Crippen molar-refractivity contribution < 1.29 is 9.59 Å². The van der Waals surface area contributed by atoms with Crippen LogP contribution in [0.1, 0.15) is 33.6 Å². The molecule has 0 bridgehead atoms. The van der Waals surface area contributed by atoms with Gasteiger partial charge in [0.25, 0.3) is 0 Å². The van der Waals surface area contributed by atoms with Crippen molar-refractivity contribution >= 4 is 11.7 Å². The second-order valence-corrected chi connectivity index (χ2v) is 4.76. The van der Waals surface area contributed by atoms with Crippen molar-refractivity contribution in [2.45, 2.75) is 45.7 Å². The molecule has 0 aromatic heterocycles. The van der Waals surface area contributed by atoms with E-state index in [1.165, 1.54) is 12.8 Å². The Labute approximate surface area is 84.5 Å². The zero-order valence-electron chi connectivity index (χ0n) is 8.99. The number of hydrogen-bond acceptors (Lipinski definition) is 2. The second-order valence-electron chi connectivity index (χ2n) is 4.76. The number of carbonyl (C=O) groups is 2. The van der Waals surface area contributed by atoms with Gasteiger partial charge in [-0.15, -0.1) is 0 Å². The molecule has 14 heavy (non-hydrogen) atoms. The van der Waals surface area contributed by atoms with Crippen LogP contribution in [0.3, 0.4) is 0 Å². The van der Waals surface area contributed by atoms with Gasteiger partial charge in [-0.25, -0.2) is 0 Å². The Kier molecular flexibility index (Phi) is 2.13. The number of nitrogens with zero attached hydrogens (tertiary/aromatic N) is 1. The Morgan fingerprint density at radius 1 is 1.29 bits per heavy atom. The van der Waals surface area contributed by atoms with Crippen LogP contribution in [0.4, 0.5) is 0 Å². The van der Waals surface area contributed by atoms with Gasteiger partial charge in [-0.3, -0.25) is 9.59 Å². The molecule has 0 radical (unpaired) electrons. The molecular weight excluding hydrogens is 178 g/mol. The van der Waals surface area contributed by atoms with Crippen LogP contribution in [0.5, 0.6) is 0 Å². The van der Waals surface area contributed by atoms with Gasteiger partial charge in [-0.1, -0.05) is 13.8 Å². The number of rotatable bonds is 3. The van der Waals surface area contributed by atoms with E-state index in [9.17, 15) is 9.59 Å². The molecule has 1 saturated carbocycles. The predicted octanol–water partition coefficient (Wildman–Crippen LogP) is 1.22. The summed E-state index contributed by atoms with van der Waals surface area (Å²) in [5.41, 5.74) is 0. The van der Waals surface area contributed by atoms with Crippen molar-refractivity contribution in [3.63, 3.8) is 0 Å². The maximum absolute atomic E-state index is 11.8. The molecular formula is C11H17NO2. The Hall–Kier alpha value is -0.860. The van der Waals surface area contributed by atoms with Crippen molar-refractivity contribution in [1.29, 1.82) is 0 Å². The largest absolute Gasteiger partial charge is 0.325 e. The van der Waals surface area contributed by atoms with Gasteiger partial charge in [-0.05, 0) is 18.8 Å². The van der Waals surface area contributed by atoms with Gasteiger partial charge in [0, 0.05) is 12.8 Å². The fourth-order valence-corrected chi connectivity index (χ4v) is 2.22. The summed E-state index contributed by atoms with van der Waals surface area (Å²) in [6, 6.07) is 0.169. The fraction of sp³-hybridized carbons (Fsp3) is 0.818. The molecule has 2 atom stereocenters. The van der Waals surface area contributed by atoms with Crippen LogP contribution in [0.2, 0.25) is 0 Å². The Morgan fingerprint density at radius 3 is 2.21 bits per heavy atom. The van der Waals surface area contributed by atoms with Crippen molar-refractivity contribution in [2.75, 3.05) is 0 Å². The Morgan fingerprint density at radius 2 is 1.86 bits per heavy atom. The van der Waals surface area contributed by atoms with Gasteiger partial charge < -0.3 is 4.90 Å². The van der Waals surface area contributed by atoms with Crippen LogP contribution < -0.4 is 0 Å². The molecule has 2 aliphatic rings. The summed E-state index contributed by atoms with van der Waals surface area (Å²) in [5.74, 6) is 0.954. The van der Waals surface area contributed by atoms with Crippen molar-refractivity contribution in [3.8, 4) is 0 Å². The molecule has 1 amide bonds. The summed E-state index contributed by atoms with van der Waals surface area (Å²) in [4.78, 5) is 24.8. The minimum atomic E-state index is -0.0833. The van der Waals surface area contributed by atoms with E-state index in [0.29, 0.717) is 5.92 Å². The van der Waals surface area contributed by atoms with Crippen LogP contribution in [0.15, 0.2) is 0 Å². The van der Waals surface area contributed by atoms with E-state index >= 15 is 0 Å². The van der Waals surface area contributed by atoms with E-state index < -0.39 is 0 Å². The third-order valence-corrected chi connectivity index (χ3v) is 3.18. The zero-order chi connectivity index (χ0) is 10.5. The molecule has 78 valence electrons. The maximum atomic E-state index is 11.8. The molecule has 0 unspecified atom stereocenters. The molecule has 1 aliphatic heterocycles. The Bertz CT molecular complexity index is 281.